The average Bonchev–Trinajstić information content (AvgIpc) is 2.92. The number of esters is 1. The van der Waals surface area contributed by atoms with Gasteiger partial charge in [-0.3, -0.25) is 24.1 Å². The van der Waals surface area contributed by atoms with Crippen molar-refractivity contribution in [2.75, 3.05) is 25.6 Å². The van der Waals surface area contributed by atoms with Gasteiger partial charge in [0, 0.05) is 5.02 Å². The number of carbonyl (C=O) groups is 4. The fourth-order valence-corrected chi connectivity index (χ4v) is 3.84. The molecule has 0 radical (unpaired) electrons. The van der Waals surface area contributed by atoms with E-state index in [2.05, 4.69) is 5.32 Å². The number of anilines is 1. The van der Waals surface area contributed by atoms with Crippen LogP contribution in [0.5, 0.6) is 5.75 Å². The Morgan fingerprint density at radius 2 is 1.82 bits per heavy atom. The van der Waals surface area contributed by atoms with Crippen LogP contribution in [0.15, 0.2) is 18.2 Å². The van der Waals surface area contributed by atoms with Gasteiger partial charge in [0.1, 0.15) is 12.3 Å². The molecule has 0 spiro atoms. The second-order valence-electron chi connectivity index (χ2n) is 6.81. The standard InChI is InChI=1S/C19H21ClN2O6/c1-27-15-7-6-11(20)8-14(15)21-16(23)10-28-17(24)9-22-18(25)12-4-2-3-5-13(12)19(22)26/h6-8,12-13H,2-5,9-10H2,1H3,(H,21,23)/t12-,13-/m0/s1. The highest BCUT2D eigenvalue weighted by Gasteiger charge is 2.48. The molecule has 9 heteroatoms. The molecule has 3 amide bonds. The highest BCUT2D eigenvalue weighted by molar-refractivity contribution is 6.31. The van der Waals surface area contributed by atoms with E-state index < -0.39 is 25.0 Å². The zero-order valence-electron chi connectivity index (χ0n) is 15.4. The number of amides is 3. The van der Waals surface area contributed by atoms with Crippen LogP contribution in [-0.4, -0.2) is 48.9 Å². The number of nitrogens with one attached hydrogen (secondary N) is 1. The second-order valence-corrected chi connectivity index (χ2v) is 7.25. The van der Waals surface area contributed by atoms with E-state index >= 15 is 0 Å². The number of halogens is 1. The van der Waals surface area contributed by atoms with Crippen molar-refractivity contribution in [3.8, 4) is 5.75 Å². The number of hydrogen-bond acceptors (Lipinski definition) is 6. The van der Waals surface area contributed by atoms with Crippen LogP contribution in [-0.2, 0) is 23.9 Å². The first-order valence-corrected chi connectivity index (χ1v) is 9.42. The van der Waals surface area contributed by atoms with E-state index in [9.17, 15) is 19.2 Å². The number of fused-ring (bicyclic) bond motifs is 1. The maximum absolute atomic E-state index is 12.4. The number of methoxy groups -OCH3 is 1. The van der Waals surface area contributed by atoms with Crippen molar-refractivity contribution >= 4 is 41.0 Å². The van der Waals surface area contributed by atoms with Crippen molar-refractivity contribution in [2.45, 2.75) is 25.7 Å². The molecule has 1 N–H and O–H groups in total. The molecule has 2 aliphatic rings. The summed E-state index contributed by atoms with van der Waals surface area (Å²) in [6.07, 6.45) is 3.16. The van der Waals surface area contributed by atoms with Crippen LogP contribution in [0, 0.1) is 11.8 Å². The molecule has 1 saturated carbocycles. The van der Waals surface area contributed by atoms with Crippen LogP contribution in [0.4, 0.5) is 5.69 Å². The lowest BCUT2D eigenvalue weighted by Crippen LogP contribution is -2.37. The van der Waals surface area contributed by atoms with Crippen molar-refractivity contribution in [1.82, 2.24) is 4.90 Å². The SMILES string of the molecule is COc1ccc(Cl)cc1NC(=O)COC(=O)CN1C(=O)[C@H]2CCCC[C@@H]2C1=O. The Bertz CT molecular complexity index is 788. The molecule has 0 aromatic heterocycles. The summed E-state index contributed by atoms with van der Waals surface area (Å²) in [5, 5.41) is 2.94. The lowest BCUT2D eigenvalue weighted by Gasteiger charge is -2.19. The summed E-state index contributed by atoms with van der Waals surface area (Å²) in [5.74, 6) is -2.30. The number of carbonyl (C=O) groups excluding carboxylic acids is 4. The molecular formula is C19H21ClN2O6. The third kappa shape index (κ3) is 4.27. The monoisotopic (exact) mass is 408 g/mol. The Morgan fingerprint density at radius 1 is 1.18 bits per heavy atom. The van der Waals surface area contributed by atoms with Gasteiger partial charge in [-0.1, -0.05) is 24.4 Å². The molecule has 8 nitrogen and oxygen atoms in total. The Hall–Kier alpha value is -2.61. The number of rotatable bonds is 6. The van der Waals surface area contributed by atoms with Gasteiger partial charge in [0.2, 0.25) is 11.8 Å². The summed E-state index contributed by atoms with van der Waals surface area (Å²) in [6.45, 7) is -1.03. The number of likely N-dealkylation sites (tertiary alicyclic amines) is 1. The molecule has 3 rings (SSSR count). The smallest absolute Gasteiger partial charge is 0.326 e. The highest BCUT2D eigenvalue weighted by atomic mass is 35.5. The molecule has 0 bridgehead atoms. The topological polar surface area (TPSA) is 102 Å². The van der Waals surface area contributed by atoms with Gasteiger partial charge in [0.25, 0.3) is 5.91 Å². The highest BCUT2D eigenvalue weighted by Crippen LogP contribution is 2.37. The zero-order valence-corrected chi connectivity index (χ0v) is 16.2. The molecule has 1 heterocycles. The number of ether oxygens (including phenoxy) is 2. The first-order chi connectivity index (χ1) is 13.4. The molecule has 2 atom stereocenters. The quantitative estimate of drug-likeness (QED) is 0.570. The lowest BCUT2D eigenvalue weighted by atomic mass is 9.81. The van der Waals surface area contributed by atoms with E-state index in [0.29, 0.717) is 29.3 Å². The van der Waals surface area contributed by atoms with Crippen LogP contribution in [0.25, 0.3) is 0 Å². The summed E-state index contributed by atoms with van der Waals surface area (Å²) in [4.78, 5) is 49.7. The van der Waals surface area contributed by atoms with Crippen LogP contribution in [0.1, 0.15) is 25.7 Å². The maximum atomic E-state index is 12.4. The van der Waals surface area contributed by atoms with Gasteiger partial charge < -0.3 is 14.8 Å². The molecule has 1 aromatic carbocycles. The minimum atomic E-state index is -0.812. The minimum Gasteiger partial charge on any atom is -0.495 e. The Morgan fingerprint density at radius 3 is 2.43 bits per heavy atom. The largest absolute Gasteiger partial charge is 0.495 e. The summed E-state index contributed by atoms with van der Waals surface area (Å²) >= 11 is 5.90. The average molecular weight is 409 g/mol. The van der Waals surface area contributed by atoms with Gasteiger partial charge in [0.15, 0.2) is 6.61 Å². The van der Waals surface area contributed by atoms with Gasteiger partial charge in [0.05, 0.1) is 24.6 Å². The van der Waals surface area contributed by atoms with Crippen molar-refractivity contribution in [3.63, 3.8) is 0 Å². The number of imide groups is 1. The Labute approximate surface area is 167 Å². The Balaban J connectivity index is 1.52. The van der Waals surface area contributed by atoms with E-state index in [-0.39, 0.29) is 23.7 Å². The van der Waals surface area contributed by atoms with E-state index in [0.717, 1.165) is 17.7 Å². The van der Waals surface area contributed by atoms with Gasteiger partial charge in [-0.15, -0.1) is 0 Å². The molecular weight excluding hydrogens is 388 g/mol. The van der Waals surface area contributed by atoms with Gasteiger partial charge in [-0.25, -0.2) is 0 Å². The second kappa shape index (κ2) is 8.60. The summed E-state index contributed by atoms with van der Waals surface area (Å²) in [6, 6.07) is 4.70. The fourth-order valence-electron chi connectivity index (χ4n) is 3.67. The van der Waals surface area contributed by atoms with E-state index in [1.165, 1.54) is 13.2 Å². The molecule has 28 heavy (non-hydrogen) atoms. The third-order valence-electron chi connectivity index (χ3n) is 5.02. The van der Waals surface area contributed by atoms with Crippen molar-refractivity contribution in [3.05, 3.63) is 23.2 Å². The third-order valence-corrected chi connectivity index (χ3v) is 5.25. The minimum absolute atomic E-state index is 0.320. The number of nitrogens with zero attached hydrogens (tertiary/aromatic N) is 1. The predicted octanol–water partition coefficient (Wildman–Crippen LogP) is 2.01. The summed E-state index contributed by atoms with van der Waals surface area (Å²) < 4.78 is 10.0. The molecule has 0 unspecified atom stereocenters. The van der Waals surface area contributed by atoms with Gasteiger partial charge in [-0.2, -0.15) is 0 Å². The zero-order chi connectivity index (χ0) is 20.3. The van der Waals surface area contributed by atoms with Crippen LogP contribution in [0.3, 0.4) is 0 Å². The summed E-state index contributed by atoms with van der Waals surface area (Å²) in [7, 11) is 1.45. The van der Waals surface area contributed by atoms with Crippen molar-refractivity contribution in [1.29, 1.82) is 0 Å². The van der Waals surface area contributed by atoms with E-state index in [1.54, 1.807) is 12.1 Å². The summed E-state index contributed by atoms with van der Waals surface area (Å²) in [5.41, 5.74) is 0.338. The van der Waals surface area contributed by atoms with Crippen LogP contribution in [0.2, 0.25) is 5.02 Å². The lowest BCUT2D eigenvalue weighted by molar-refractivity contribution is -0.154. The first-order valence-electron chi connectivity index (χ1n) is 9.05. The van der Waals surface area contributed by atoms with Gasteiger partial charge >= 0.3 is 5.97 Å². The normalized spacial score (nSPS) is 21.3. The number of hydrogen-bond donors (Lipinski definition) is 1. The molecule has 150 valence electrons. The fraction of sp³-hybridized carbons (Fsp3) is 0.474. The van der Waals surface area contributed by atoms with E-state index in [1.807, 2.05) is 0 Å². The maximum Gasteiger partial charge on any atom is 0.326 e. The molecule has 1 aromatic rings. The van der Waals surface area contributed by atoms with Crippen LogP contribution < -0.4 is 10.1 Å². The molecule has 2 fully saturated rings. The molecule has 1 aliphatic carbocycles. The van der Waals surface area contributed by atoms with Gasteiger partial charge in [-0.05, 0) is 31.0 Å². The van der Waals surface area contributed by atoms with Crippen LogP contribution >= 0.6 is 11.6 Å². The molecule has 1 saturated heterocycles. The number of benzene rings is 1. The van der Waals surface area contributed by atoms with Crippen molar-refractivity contribution < 1.29 is 28.7 Å². The Kier molecular flexibility index (Phi) is 6.18. The predicted molar refractivity (Wildman–Crippen MR) is 99.8 cm³/mol. The van der Waals surface area contributed by atoms with E-state index in [4.69, 9.17) is 21.1 Å². The first kappa shape index (κ1) is 20.1. The van der Waals surface area contributed by atoms with Crippen molar-refractivity contribution in [2.24, 2.45) is 11.8 Å². The molecule has 1 aliphatic heterocycles.